The quantitative estimate of drug-likeness (QED) is 0.718. The molecule has 6 heteroatoms. The summed E-state index contributed by atoms with van der Waals surface area (Å²) in [5.74, 6) is -0.288. The Labute approximate surface area is 167 Å². The maximum atomic E-state index is 12.6. The molecule has 1 heterocycles. The molecule has 1 fully saturated rings. The number of rotatable bonds is 4. The summed E-state index contributed by atoms with van der Waals surface area (Å²) in [6.45, 7) is 0. The van der Waals surface area contributed by atoms with Crippen molar-refractivity contribution in [2.24, 2.45) is 4.99 Å². The minimum atomic E-state index is -0.470. The molecule has 3 aromatic rings. The molecule has 0 bridgehead atoms. The van der Waals surface area contributed by atoms with E-state index in [4.69, 9.17) is 4.99 Å². The van der Waals surface area contributed by atoms with Crippen molar-refractivity contribution in [3.63, 3.8) is 0 Å². The second-order valence-corrected chi connectivity index (χ2v) is 7.68. The largest absolute Gasteiger partial charge is 0.326 e. The Bertz CT molecular complexity index is 1060. The molecule has 1 aliphatic rings. The molecule has 0 aliphatic carbocycles. The number of nitrogens with zero attached hydrogens (tertiary/aromatic N) is 2. The zero-order valence-corrected chi connectivity index (χ0v) is 16.1. The van der Waals surface area contributed by atoms with Gasteiger partial charge in [-0.15, -0.1) is 0 Å². The maximum absolute atomic E-state index is 12.6. The van der Waals surface area contributed by atoms with Crippen LogP contribution in [0.15, 0.2) is 77.8 Å². The second-order valence-electron chi connectivity index (χ2n) is 6.51. The molecule has 0 unspecified atom stereocenters. The molecule has 0 saturated carbocycles. The Balaban J connectivity index is 1.52. The number of benzene rings is 3. The van der Waals surface area contributed by atoms with Gasteiger partial charge in [-0.1, -0.05) is 66.4 Å². The van der Waals surface area contributed by atoms with Crippen LogP contribution in [0.5, 0.6) is 0 Å². The number of aliphatic imine (C=N–C) groups is 1. The summed E-state index contributed by atoms with van der Waals surface area (Å²) in [4.78, 5) is 31.2. The summed E-state index contributed by atoms with van der Waals surface area (Å²) in [6.07, 6.45) is 0.108. The van der Waals surface area contributed by atoms with Gasteiger partial charge in [0.2, 0.25) is 11.8 Å². The van der Waals surface area contributed by atoms with E-state index >= 15 is 0 Å². The highest BCUT2D eigenvalue weighted by Crippen LogP contribution is 2.33. The molecule has 5 nitrogen and oxygen atoms in total. The van der Waals surface area contributed by atoms with Crippen molar-refractivity contribution in [1.82, 2.24) is 4.90 Å². The van der Waals surface area contributed by atoms with Crippen molar-refractivity contribution in [3.8, 4) is 0 Å². The van der Waals surface area contributed by atoms with E-state index in [1.807, 2.05) is 72.8 Å². The predicted octanol–water partition coefficient (Wildman–Crippen LogP) is 4.43. The fourth-order valence-corrected chi connectivity index (χ4v) is 4.26. The minimum absolute atomic E-state index is 0.104. The Hall–Kier alpha value is -3.12. The first-order valence-electron chi connectivity index (χ1n) is 8.97. The molecule has 1 atom stereocenters. The van der Waals surface area contributed by atoms with Crippen LogP contribution in [0.4, 0.5) is 11.4 Å². The average Bonchev–Trinajstić information content (AvgIpc) is 2.97. The lowest BCUT2D eigenvalue weighted by molar-refractivity contribution is -0.127. The number of thioether (sulfide) groups is 1. The van der Waals surface area contributed by atoms with Crippen molar-refractivity contribution in [2.45, 2.75) is 11.7 Å². The summed E-state index contributed by atoms with van der Waals surface area (Å²) in [5.41, 5.74) is 1.54. The number of amidine groups is 1. The summed E-state index contributed by atoms with van der Waals surface area (Å²) in [6, 6.07) is 23.2. The molecule has 28 heavy (non-hydrogen) atoms. The molecule has 3 aromatic carbocycles. The van der Waals surface area contributed by atoms with Crippen LogP contribution in [0, 0.1) is 0 Å². The number of hydrogen-bond acceptors (Lipinski definition) is 4. The van der Waals surface area contributed by atoms with Crippen LogP contribution >= 0.6 is 11.8 Å². The van der Waals surface area contributed by atoms with Gasteiger partial charge in [-0.25, -0.2) is 4.99 Å². The monoisotopic (exact) mass is 389 g/mol. The van der Waals surface area contributed by atoms with Crippen LogP contribution in [0.2, 0.25) is 0 Å². The maximum Gasteiger partial charge on any atom is 0.242 e. The van der Waals surface area contributed by atoms with Crippen molar-refractivity contribution < 1.29 is 9.59 Å². The van der Waals surface area contributed by atoms with Crippen LogP contribution in [0.1, 0.15) is 6.42 Å². The zero-order chi connectivity index (χ0) is 19.5. The first-order chi connectivity index (χ1) is 13.6. The number of carbonyl (C=O) groups is 2. The molecule has 1 aliphatic heterocycles. The third-order valence-corrected chi connectivity index (χ3v) is 5.78. The van der Waals surface area contributed by atoms with Crippen LogP contribution in [-0.4, -0.2) is 34.2 Å². The fourth-order valence-electron chi connectivity index (χ4n) is 3.11. The van der Waals surface area contributed by atoms with Gasteiger partial charge in [0.25, 0.3) is 0 Å². The smallest absolute Gasteiger partial charge is 0.242 e. The van der Waals surface area contributed by atoms with E-state index < -0.39 is 5.25 Å². The number of carbonyl (C=O) groups excluding carboxylic acids is 2. The van der Waals surface area contributed by atoms with E-state index in [-0.39, 0.29) is 18.2 Å². The van der Waals surface area contributed by atoms with Crippen LogP contribution < -0.4 is 5.32 Å². The van der Waals surface area contributed by atoms with Crippen molar-refractivity contribution in [3.05, 3.63) is 72.8 Å². The van der Waals surface area contributed by atoms with Crippen LogP contribution in [0.3, 0.4) is 0 Å². The van der Waals surface area contributed by atoms with Gasteiger partial charge in [0, 0.05) is 24.5 Å². The van der Waals surface area contributed by atoms with E-state index in [9.17, 15) is 9.59 Å². The standard InChI is InChI=1S/C22H19N3O2S/c1-25-21(27)19(14-20(26)23-16-10-3-2-4-11-16)28-22(25)24-18-13-7-9-15-8-5-6-12-17(15)18/h2-13,19H,14H2,1H3,(H,23,26)/t19-/m0/s1. The summed E-state index contributed by atoms with van der Waals surface area (Å²) in [7, 11) is 1.70. The third-order valence-electron chi connectivity index (χ3n) is 4.55. The molecule has 0 aromatic heterocycles. The molecule has 4 rings (SSSR count). The number of nitrogens with one attached hydrogen (secondary N) is 1. The van der Waals surface area contributed by atoms with Crippen molar-refractivity contribution in [1.29, 1.82) is 0 Å². The summed E-state index contributed by atoms with van der Waals surface area (Å²) >= 11 is 1.33. The first-order valence-corrected chi connectivity index (χ1v) is 9.85. The number of anilines is 1. The lowest BCUT2D eigenvalue weighted by atomic mass is 10.1. The second kappa shape index (κ2) is 7.86. The molecule has 140 valence electrons. The Kier molecular flexibility index (Phi) is 5.12. The van der Waals surface area contributed by atoms with Crippen molar-refractivity contribution in [2.75, 3.05) is 12.4 Å². The van der Waals surface area contributed by atoms with E-state index in [0.29, 0.717) is 5.17 Å². The van der Waals surface area contributed by atoms with Gasteiger partial charge in [-0.05, 0) is 23.6 Å². The molecule has 1 N–H and O–H groups in total. The number of hydrogen-bond donors (Lipinski definition) is 1. The topological polar surface area (TPSA) is 61.8 Å². The Morgan fingerprint density at radius 3 is 2.57 bits per heavy atom. The highest BCUT2D eigenvalue weighted by Gasteiger charge is 2.37. The van der Waals surface area contributed by atoms with Gasteiger partial charge in [0.1, 0.15) is 5.25 Å². The molecule has 0 radical (unpaired) electrons. The lowest BCUT2D eigenvalue weighted by Crippen LogP contribution is -2.30. The van der Waals surface area contributed by atoms with Crippen molar-refractivity contribution >= 4 is 50.9 Å². The van der Waals surface area contributed by atoms with Gasteiger partial charge in [0.05, 0.1) is 5.69 Å². The Morgan fingerprint density at radius 2 is 1.75 bits per heavy atom. The number of fused-ring (bicyclic) bond motifs is 1. The van der Waals surface area contributed by atoms with E-state index in [2.05, 4.69) is 5.32 Å². The highest BCUT2D eigenvalue weighted by atomic mass is 32.2. The van der Waals surface area contributed by atoms with Crippen LogP contribution in [-0.2, 0) is 9.59 Å². The van der Waals surface area contributed by atoms with E-state index in [1.165, 1.54) is 16.7 Å². The summed E-state index contributed by atoms with van der Waals surface area (Å²) in [5, 5.41) is 5.10. The normalized spacial score (nSPS) is 18.0. The SMILES string of the molecule is CN1C(=O)[C@H](CC(=O)Nc2ccccc2)SC1=Nc1cccc2ccccc12. The molecular weight excluding hydrogens is 370 g/mol. The molecule has 1 saturated heterocycles. The number of para-hydroxylation sites is 1. The predicted molar refractivity (Wildman–Crippen MR) is 115 cm³/mol. The highest BCUT2D eigenvalue weighted by molar-refractivity contribution is 8.15. The summed E-state index contributed by atoms with van der Waals surface area (Å²) < 4.78 is 0. The third kappa shape index (κ3) is 3.77. The van der Waals surface area contributed by atoms with Gasteiger partial charge in [-0.2, -0.15) is 0 Å². The van der Waals surface area contributed by atoms with Gasteiger partial charge in [0.15, 0.2) is 5.17 Å². The average molecular weight is 389 g/mol. The number of amides is 2. The van der Waals surface area contributed by atoms with Crippen LogP contribution in [0.25, 0.3) is 10.8 Å². The zero-order valence-electron chi connectivity index (χ0n) is 15.3. The minimum Gasteiger partial charge on any atom is -0.326 e. The van der Waals surface area contributed by atoms with Gasteiger partial charge < -0.3 is 5.32 Å². The molecule has 2 amide bonds. The van der Waals surface area contributed by atoms with Gasteiger partial charge >= 0.3 is 0 Å². The fraction of sp³-hybridized carbons (Fsp3) is 0.136. The Morgan fingerprint density at radius 1 is 1.04 bits per heavy atom. The van der Waals surface area contributed by atoms with Gasteiger partial charge in [-0.3, -0.25) is 14.5 Å². The molecular formula is C22H19N3O2S. The molecule has 0 spiro atoms. The van der Waals surface area contributed by atoms with E-state index in [0.717, 1.165) is 22.1 Å². The lowest BCUT2D eigenvalue weighted by Gasteiger charge is -2.09. The first kappa shape index (κ1) is 18.3. The van der Waals surface area contributed by atoms with E-state index in [1.54, 1.807) is 7.05 Å².